The van der Waals surface area contributed by atoms with Crippen molar-refractivity contribution in [2.75, 3.05) is 145 Å². The number of amides is 3. The Labute approximate surface area is 697 Å². The Morgan fingerprint density at radius 1 is 0.714 bits per heavy atom. The lowest BCUT2D eigenvalue weighted by Gasteiger charge is -2.42. The maximum absolute atomic E-state index is 14.6. The lowest BCUT2D eigenvalue weighted by Crippen LogP contribution is -2.61. The van der Waals surface area contributed by atoms with Crippen molar-refractivity contribution in [3.63, 3.8) is 0 Å². The molecule has 8 rings (SSSR count). The molecule has 15 atom stereocenters. The average Bonchev–Trinajstić information content (AvgIpc) is 1.74. The number of carbonyl (C=O) groups is 7. The number of anilines is 1. The molecule has 3 amide bonds. The first-order valence-corrected chi connectivity index (χ1v) is 42.2. The number of aliphatic hydroxyl groups excluding tert-OH is 2. The number of aromatic nitrogens is 5. The number of cyclic esters (lactones) is 1. The molecule has 1 aliphatic carbocycles. The van der Waals surface area contributed by atoms with E-state index in [9.17, 15) is 48.9 Å². The van der Waals surface area contributed by atoms with Gasteiger partial charge in [-0.25, -0.2) is 24.2 Å². The molecule has 4 aromatic rings. The van der Waals surface area contributed by atoms with Gasteiger partial charge in [-0.05, 0) is 132 Å². The Morgan fingerprint density at radius 2 is 1.38 bits per heavy atom. The van der Waals surface area contributed by atoms with Gasteiger partial charge in [0, 0.05) is 106 Å². The molecule has 33 nitrogen and oxygen atoms in total. The third-order valence-corrected chi connectivity index (χ3v) is 22.3. The third kappa shape index (κ3) is 30.6. The number of piperidine rings is 1. The second kappa shape index (κ2) is 51.2. The van der Waals surface area contributed by atoms with E-state index < -0.39 is 120 Å². The minimum atomic E-state index is -2.51. The monoisotopic (exact) mass is 1670 g/mol. The number of unbranched alkanes of at least 4 members (excludes halogenated alkanes) is 1. The summed E-state index contributed by atoms with van der Waals surface area (Å²) < 4.78 is 76.5. The van der Waals surface area contributed by atoms with E-state index in [0.717, 1.165) is 50.9 Å². The smallest absolute Gasteiger partial charge is 0.407 e. The van der Waals surface area contributed by atoms with Gasteiger partial charge in [-0.15, -0.1) is 0 Å². The first kappa shape index (κ1) is 96.6. The van der Waals surface area contributed by atoms with Gasteiger partial charge in [0.2, 0.25) is 11.7 Å². The van der Waals surface area contributed by atoms with Crippen molar-refractivity contribution in [2.24, 2.45) is 35.3 Å². The van der Waals surface area contributed by atoms with Crippen LogP contribution in [0.1, 0.15) is 138 Å². The number of alkyl carbamates (subject to hydrolysis) is 1. The first-order chi connectivity index (χ1) is 57.4. The van der Waals surface area contributed by atoms with Gasteiger partial charge in [0.1, 0.15) is 54.1 Å². The Hall–Kier alpha value is -7.84. The second-order valence-electron chi connectivity index (χ2n) is 31.4. The van der Waals surface area contributed by atoms with Crippen LogP contribution < -0.4 is 22.1 Å². The maximum atomic E-state index is 14.6. The van der Waals surface area contributed by atoms with Crippen LogP contribution in [-0.4, -0.2) is 286 Å². The zero-order valence-electron chi connectivity index (χ0n) is 70.7. The highest BCUT2D eigenvalue weighted by Crippen LogP contribution is 2.39. The number of aryl methyl sites for hydroxylation is 1. The molecule has 662 valence electrons. The van der Waals surface area contributed by atoms with Crippen LogP contribution in [-0.2, 0) is 96.9 Å². The molecule has 1 saturated carbocycles. The number of nitrogens with zero attached hydrogens (tertiary/aromatic N) is 5. The number of nitrogen functional groups attached to an aromatic ring is 1. The van der Waals surface area contributed by atoms with Gasteiger partial charge in [-0.2, -0.15) is 5.10 Å². The summed E-state index contributed by atoms with van der Waals surface area (Å²) in [6.07, 6.45) is 11.9. The van der Waals surface area contributed by atoms with Crippen molar-refractivity contribution < 1.29 is 110 Å². The van der Waals surface area contributed by atoms with E-state index in [2.05, 4.69) is 31.7 Å². The Balaban J connectivity index is 0.650. The Bertz CT molecular complexity index is 3940. The molecule has 4 aliphatic rings. The fourth-order valence-corrected chi connectivity index (χ4v) is 15.3. The zero-order chi connectivity index (χ0) is 85.6. The number of H-pyrrole nitrogens is 1. The number of fused-ring (bicyclic) bond motifs is 5. The number of ketones is 3. The number of nitrogens with one attached hydrogen (secondary N) is 3. The fraction of sp³-hybridized carbons (Fsp3) is 0.674. The summed E-state index contributed by atoms with van der Waals surface area (Å²) in [6.45, 7) is 17.3. The number of esters is 1. The second-order valence-corrected chi connectivity index (χ2v) is 31.4. The highest BCUT2D eigenvalue weighted by atomic mass is 16.6. The summed E-state index contributed by atoms with van der Waals surface area (Å²) in [4.78, 5) is 110. The Kier molecular flexibility index (Phi) is 41.5. The minimum Gasteiger partial charge on any atom is -0.459 e. The number of hydrogen-bond donors (Lipinski definition) is 8. The number of aliphatic hydroxyl groups is 3. The van der Waals surface area contributed by atoms with E-state index in [-0.39, 0.29) is 81.9 Å². The Morgan fingerprint density at radius 3 is 2.04 bits per heavy atom. The van der Waals surface area contributed by atoms with Gasteiger partial charge < -0.3 is 109 Å². The molecular formula is C86H130N10O23. The minimum absolute atomic E-state index is 0.000935. The van der Waals surface area contributed by atoms with Crippen molar-refractivity contribution in [3.05, 3.63) is 84.4 Å². The largest absolute Gasteiger partial charge is 0.459 e. The number of carbonyl (C=O) groups excluding carboxylic acids is 7. The van der Waals surface area contributed by atoms with Crippen LogP contribution in [0.3, 0.4) is 0 Å². The summed E-state index contributed by atoms with van der Waals surface area (Å²) in [5.41, 5.74) is 17.7. The summed E-state index contributed by atoms with van der Waals surface area (Å²) >= 11 is 0. The molecule has 33 heteroatoms. The number of benzene rings is 1. The number of aromatic amines is 1. The lowest BCUT2D eigenvalue weighted by molar-refractivity contribution is -0.265. The molecule has 2 saturated heterocycles. The molecule has 2 bridgehead atoms. The van der Waals surface area contributed by atoms with Crippen LogP contribution >= 0.6 is 0 Å². The van der Waals surface area contributed by atoms with Crippen molar-refractivity contribution in [1.29, 1.82) is 0 Å². The molecular weight excluding hydrogens is 1540 g/mol. The van der Waals surface area contributed by atoms with Gasteiger partial charge in [-0.1, -0.05) is 70.2 Å². The highest BCUT2D eigenvalue weighted by Gasteiger charge is 2.53. The van der Waals surface area contributed by atoms with Crippen molar-refractivity contribution in [3.8, 4) is 11.3 Å². The summed E-state index contributed by atoms with van der Waals surface area (Å²) in [5.74, 6) is -8.99. The maximum Gasteiger partial charge on any atom is 0.407 e. The molecule has 6 heterocycles. The SMILES string of the molecule is CO[C@H]1C[C@@H]2CC[C@@H](C)[C@@](O)(O2)C(=O)C(=O)N2CCCC[C@H]2C(=O)O[C@H]([C@H](N)C[C@@H]2CC[C@@H](OC(=O)NCCOCCOCCOCCOCCOCCOCCOCCOCCC(=O)NCCCCn3nc(-c4ccc5[nH]ccc5c4)c4c(N)ncnc43)[C@H](OC)C2)CC(=O)[C@H](C)/C=C(\C)[C@@H](O)[C@@H](O)C(=O)[C@H](C)C[C@H](C)/C=C/C=CC=C1C. The van der Waals surface area contributed by atoms with Crippen LogP contribution in [0.15, 0.2) is 84.4 Å². The van der Waals surface area contributed by atoms with Crippen LogP contribution in [0.2, 0.25) is 0 Å². The molecule has 3 aliphatic heterocycles. The number of Topliss-reactive ketones (excluding diaryl/α,β-unsaturated/α-hetero) is 3. The van der Waals surface area contributed by atoms with Crippen LogP contribution in [0.4, 0.5) is 10.6 Å². The van der Waals surface area contributed by atoms with Gasteiger partial charge in [0.15, 0.2) is 11.4 Å². The predicted molar refractivity (Wildman–Crippen MR) is 442 cm³/mol. The van der Waals surface area contributed by atoms with Gasteiger partial charge in [-0.3, -0.25) is 24.0 Å². The van der Waals surface area contributed by atoms with Crippen molar-refractivity contribution in [2.45, 2.75) is 205 Å². The van der Waals surface area contributed by atoms with Gasteiger partial charge >= 0.3 is 12.1 Å². The van der Waals surface area contributed by atoms with Crippen molar-refractivity contribution in [1.82, 2.24) is 40.3 Å². The third-order valence-electron chi connectivity index (χ3n) is 22.3. The van der Waals surface area contributed by atoms with E-state index >= 15 is 0 Å². The molecule has 3 fully saturated rings. The van der Waals surface area contributed by atoms with Gasteiger partial charge in [0.25, 0.3) is 11.7 Å². The fourth-order valence-electron chi connectivity index (χ4n) is 15.3. The van der Waals surface area contributed by atoms with E-state index in [1.165, 1.54) is 26.4 Å². The standard InChI is InChI=1S/C86H130N10O23/c1-56-16-10-9-11-17-57(2)71(107-7)53-65-22-19-61(6)86(106,119-65)80(102)83(103)95-30-14-12-18-68(95)84(104)117-72(54-69(97)58(3)49-60(5)78(100)79(101)77(99)59(4)48-56)66(87)50-62-20-24-70(73(51-62)108-8)118-85(105)91-29-33-110-35-37-112-39-41-114-43-45-116-47-46-115-44-42-113-40-38-111-36-34-109-32-26-74(98)90-27-13-15-31-96-82-75(81(88)92-55-93-82)76(94-96)64-21-23-67-63(52-64)25-28-89-67/h9-11,16-17,21,23,25,28,49,52,55-56,58-59,61-62,65-66,68,70-73,78-79,89,100-101,106H,12-15,18-20,22,24,26-27,29-48,50-51,53-54,87H2,1-8H3,(H,90,98)(H,91,105)(H2,88,92,93)/b11-9?,16-10+,57-17?,60-49+/t56-,58-,59-,61-,62+,65+,66-,68+,70-,71+,72+,73-,78-,79+,86-/m1/s1. The first-order valence-electron chi connectivity index (χ1n) is 42.2. The molecule has 1 aromatic carbocycles. The van der Waals surface area contributed by atoms with Crippen LogP contribution in [0, 0.1) is 29.6 Å². The summed E-state index contributed by atoms with van der Waals surface area (Å²) in [5, 5.41) is 46.9. The quantitative estimate of drug-likeness (QED) is 0.00970. The van der Waals surface area contributed by atoms with E-state index in [1.807, 2.05) is 73.3 Å². The molecule has 3 aromatic heterocycles. The number of ether oxygens (including phenoxy) is 13. The van der Waals surface area contributed by atoms with Gasteiger partial charge in [0.05, 0.1) is 129 Å². The molecule has 10 N–H and O–H groups in total. The molecule has 119 heavy (non-hydrogen) atoms. The number of rotatable bonds is 39. The van der Waals surface area contributed by atoms with E-state index in [1.54, 1.807) is 27.9 Å². The summed E-state index contributed by atoms with van der Waals surface area (Å²) in [6, 6.07) is 5.85. The van der Waals surface area contributed by atoms with Crippen molar-refractivity contribution >= 4 is 69.0 Å². The number of allylic oxidation sites excluding steroid dienone is 6. The molecule has 0 unspecified atom stereocenters. The topological polar surface area (TPSA) is 439 Å². The number of methoxy groups -OCH3 is 2. The van der Waals surface area contributed by atoms with E-state index in [4.69, 9.17) is 78.1 Å². The van der Waals surface area contributed by atoms with Crippen LogP contribution in [0.5, 0.6) is 0 Å². The molecule has 0 radical (unpaired) electrons. The van der Waals surface area contributed by atoms with E-state index in [0.29, 0.717) is 162 Å². The normalized spacial score (nSPS) is 26.7. The zero-order valence-corrected chi connectivity index (χ0v) is 70.7. The number of hydrogen-bond acceptors (Lipinski definition) is 28. The summed E-state index contributed by atoms with van der Waals surface area (Å²) in [7, 11) is 3.06. The number of nitrogens with two attached hydrogens (primary N) is 2. The van der Waals surface area contributed by atoms with Crippen LogP contribution in [0.25, 0.3) is 33.2 Å². The lowest BCUT2D eigenvalue weighted by atomic mass is 9.80. The highest BCUT2D eigenvalue weighted by molar-refractivity contribution is 6.39. The average molecular weight is 1670 g/mol. The molecule has 0 spiro atoms. The predicted octanol–water partition coefficient (Wildman–Crippen LogP) is 6.94.